The lowest BCUT2D eigenvalue weighted by Gasteiger charge is -2.24. The zero-order valence-electron chi connectivity index (χ0n) is 11.1. The minimum Gasteiger partial charge on any atom is -0.481 e. The molecule has 2 unspecified atom stereocenters. The number of aromatic nitrogens is 1. The standard InChI is InChI=1S/C14H20N2O3/c1-19-13-9-10(7-8-15-13)16-12-6-4-2-3-5-11(12)14(17)18/h7-9,11-12H,2-6H2,1H3,(H,15,16)(H,17,18). The average Bonchev–Trinajstić information content (AvgIpc) is 2.64. The van der Waals surface area contributed by atoms with Gasteiger partial charge in [-0.25, -0.2) is 4.98 Å². The summed E-state index contributed by atoms with van der Waals surface area (Å²) in [5.74, 6) is -0.493. The lowest BCUT2D eigenvalue weighted by atomic mass is 9.94. The van der Waals surface area contributed by atoms with Crippen LogP contribution in [0.1, 0.15) is 32.1 Å². The number of aliphatic carboxylic acids is 1. The molecule has 2 N–H and O–H groups in total. The van der Waals surface area contributed by atoms with Crippen molar-refractivity contribution in [3.05, 3.63) is 18.3 Å². The number of hydrogen-bond donors (Lipinski definition) is 2. The van der Waals surface area contributed by atoms with E-state index in [9.17, 15) is 9.90 Å². The highest BCUT2D eigenvalue weighted by Gasteiger charge is 2.29. The number of ether oxygens (including phenoxy) is 1. The second-order valence-electron chi connectivity index (χ2n) is 4.92. The first-order chi connectivity index (χ1) is 9.20. The molecule has 0 bridgehead atoms. The molecule has 0 aromatic carbocycles. The van der Waals surface area contributed by atoms with Crippen LogP contribution in [0, 0.1) is 5.92 Å². The number of carboxylic acid groups (broad SMARTS) is 1. The molecule has 1 saturated carbocycles. The largest absolute Gasteiger partial charge is 0.481 e. The summed E-state index contributed by atoms with van der Waals surface area (Å²) in [6.45, 7) is 0. The highest BCUT2D eigenvalue weighted by Crippen LogP contribution is 2.27. The summed E-state index contributed by atoms with van der Waals surface area (Å²) in [6, 6.07) is 3.61. The molecule has 1 heterocycles. The molecule has 5 nitrogen and oxygen atoms in total. The summed E-state index contributed by atoms with van der Waals surface area (Å²) in [6.07, 6.45) is 6.48. The van der Waals surface area contributed by atoms with E-state index in [1.54, 1.807) is 19.4 Å². The Morgan fingerprint density at radius 2 is 2.21 bits per heavy atom. The number of carbonyl (C=O) groups is 1. The molecule has 19 heavy (non-hydrogen) atoms. The van der Waals surface area contributed by atoms with Gasteiger partial charge in [-0.1, -0.05) is 19.3 Å². The number of rotatable bonds is 4. The third-order valence-corrected chi connectivity index (χ3v) is 3.63. The molecule has 1 aliphatic rings. The summed E-state index contributed by atoms with van der Waals surface area (Å²) < 4.78 is 5.08. The van der Waals surface area contributed by atoms with Gasteiger partial charge in [0.15, 0.2) is 0 Å². The number of nitrogens with zero attached hydrogens (tertiary/aromatic N) is 1. The van der Waals surface area contributed by atoms with Crippen LogP contribution in [0.4, 0.5) is 5.69 Å². The van der Waals surface area contributed by atoms with E-state index < -0.39 is 5.97 Å². The predicted octanol–water partition coefficient (Wildman–Crippen LogP) is 2.54. The fraction of sp³-hybridized carbons (Fsp3) is 0.571. The predicted molar refractivity (Wildman–Crippen MR) is 72.4 cm³/mol. The Hall–Kier alpha value is -1.78. The Balaban J connectivity index is 2.11. The van der Waals surface area contributed by atoms with Gasteiger partial charge in [0.1, 0.15) is 0 Å². The van der Waals surface area contributed by atoms with Crippen LogP contribution < -0.4 is 10.1 Å². The summed E-state index contributed by atoms with van der Waals surface area (Å²) in [5.41, 5.74) is 0.866. The van der Waals surface area contributed by atoms with E-state index in [1.807, 2.05) is 6.07 Å². The molecule has 1 aromatic heterocycles. The van der Waals surface area contributed by atoms with Gasteiger partial charge in [-0.05, 0) is 18.9 Å². The number of carboxylic acids is 1. The molecule has 1 fully saturated rings. The van der Waals surface area contributed by atoms with E-state index in [4.69, 9.17) is 4.74 Å². The maximum Gasteiger partial charge on any atom is 0.308 e. The second-order valence-corrected chi connectivity index (χ2v) is 4.92. The van der Waals surface area contributed by atoms with Gasteiger partial charge in [-0.15, -0.1) is 0 Å². The van der Waals surface area contributed by atoms with E-state index in [2.05, 4.69) is 10.3 Å². The Labute approximate surface area is 113 Å². The fourth-order valence-electron chi connectivity index (χ4n) is 2.60. The Bertz CT molecular complexity index is 436. The van der Waals surface area contributed by atoms with E-state index in [0.717, 1.165) is 37.8 Å². The van der Waals surface area contributed by atoms with Gasteiger partial charge in [0.05, 0.1) is 13.0 Å². The van der Waals surface area contributed by atoms with Crippen LogP contribution in [0.15, 0.2) is 18.3 Å². The summed E-state index contributed by atoms with van der Waals surface area (Å²) in [7, 11) is 1.57. The van der Waals surface area contributed by atoms with Gasteiger partial charge in [0.2, 0.25) is 5.88 Å². The second kappa shape index (κ2) is 6.41. The molecule has 5 heteroatoms. The fourth-order valence-corrected chi connectivity index (χ4v) is 2.60. The maximum absolute atomic E-state index is 11.4. The van der Waals surface area contributed by atoms with Crippen LogP contribution >= 0.6 is 0 Å². The Morgan fingerprint density at radius 3 is 2.95 bits per heavy atom. The smallest absolute Gasteiger partial charge is 0.308 e. The summed E-state index contributed by atoms with van der Waals surface area (Å²) in [5, 5.41) is 12.7. The van der Waals surface area contributed by atoms with Gasteiger partial charge in [-0.2, -0.15) is 0 Å². The van der Waals surface area contributed by atoms with Crippen LogP contribution in [0.2, 0.25) is 0 Å². The third-order valence-electron chi connectivity index (χ3n) is 3.63. The Kier molecular flexibility index (Phi) is 4.60. The van der Waals surface area contributed by atoms with Crippen molar-refractivity contribution in [3.63, 3.8) is 0 Å². The van der Waals surface area contributed by atoms with E-state index in [0.29, 0.717) is 5.88 Å². The molecule has 1 aliphatic carbocycles. The van der Waals surface area contributed by atoms with Gasteiger partial charge < -0.3 is 15.2 Å². The normalized spacial score (nSPS) is 23.4. The first-order valence-electron chi connectivity index (χ1n) is 6.70. The molecule has 0 amide bonds. The van der Waals surface area contributed by atoms with Crippen LogP contribution in [0.25, 0.3) is 0 Å². The number of anilines is 1. The quantitative estimate of drug-likeness (QED) is 0.818. The molecule has 2 atom stereocenters. The van der Waals surface area contributed by atoms with Gasteiger partial charge in [-0.3, -0.25) is 4.79 Å². The summed E-state index contributed by atoms with van der Waals surface area (Å²) >= 11 is 0. The van der Waals surface area contributed by atoms with E-state index in [1.165, 1.54) is 0 Å². The zero-order valence-corrected chi connectivity index (χ0v) is 11.1. The van der Waals surface area contributed by atoms with Gasteiger partial charge in [0, 0.05) is 24.0 Å². The monoisotopic (exact) mass is 264 g/mol. The molecule has 2 rings (SSSR count). The zero-order chi connectivity index (χ0) is 13.7. The third kappa shape index (κ3) is 3.59. The van der Waals surface area contributed by atoms with Crippen molar-refractivity contribution in [1.29, 1.82) is 0 Å². The Morgan fingerprint density at radius 1 is 1.42 bits per heavy atom. The molecule has 1 aromatic rings. The maximum atomic E-state index is 11.4. The van der Waals surface area contributed by atoms with Crippen molar-refractivity contribution in [3.8, 4) is 5.88 Å². The van der Waals surface area contributed by atoms with Gasteiger partial charge >= 0.3 is 5.97 Å². The first-order valence-corrected chi connectivity index (χ1v) is 6.70. The molecule has 0 spiro atoms. The molecule has 0 saturated heterocycles. The van der Waals surface area contributed by atoms with Crippen molar-refractivity contribution in [2.45, 2.75) is 38.1 Å². The molecule has 0 aliphatic heterocycles. The number of methoxy groups -OCH3 is 1. The number of pyridine rings is 1. The van der Waals surface area contributed by atoms with Crippen molar-refractivity contribution in [2.24, 2.45) is 5.92 Å². The number of hydrogen-bond acceptors (Lipinski definition) is 4. The molecule has 104 valence electrons. The van der Waals surface area contributed by atoms with E-state index in [-0.39, 0.29) is 12.0 Å². The van der Waals surface area contributed by atoms with Crippen LogP contribution in [0.5, 0.6) is 5.88 Å². The molecular weight excluding hydrogens is 244 g/mol. The average molecular weight is 264 g/mol. The summed E-state index contributed by atoms with van der Waals surface area (Å²) in [4.78, 5) is 15.4. The van der Waals surface area contributed by atoms with Crippen molar-refractivity contribution < 1.29 is 14.6 Å². The minimum atomic E-state index is -0.708. The minimum absolute atomic E-state index is 0.0212. The molecular formula is C14H20N2O3. The van der Waals surface area contributed by atoms with Crippen LogP contribution in [-0.2, 0) is 4.79 Å². The highest BCUT2D eigenvalue weighted by molar-refractivity contribution is 5.71. The van der Waals surface area contributed by atoms with Crippen molar-refractivity contribution in [2.75, 3.05) is 12.4 Å². The van der Waals surface area contributed by atoms with E-state index >= 15 is 0 Å². The van der Waals surface area contributed by atoms with Crippen molar-refractivity contribution >= 4 is 11.7 Å². The topological polar surface area (TPSA) is 71.5 Å². The highest BCUT2D eigenvalue weighted by atomic mass is 16.5. The lowest BCUT2D eigenvalue weighted by molar-refractivity contribution is -0.142. The molecule has 0 radical (unpaired) electrons. The van der Waals surface area contributed by atoms with Gasteiger partial charge in [0.25, 0.3) is 0 Å². The lowest BCUT2D eigenvalue weighted by Crippen LogP contribution is -2.33. The van der Waals surface area contributed by atoms with Crippen LogP contribution in [-0.4, -0.2) is 29.2 Å². The first kappa shape index (κ1) is 13.6. The van der Waals surface area contributed by atoms with Crippen LogP contribution in [0.3, 0.4) is 0 Å². The number of nitrogens with one attached hydrogen (secondary N) is 1. The van der Waals surface area contributed by atoms with Crippen molar-refractivity contribution in [1.82, 2.24) is 4.98 Å². The SMILES string of the molecule is COc1cc(NC2CCCCCC2C(=O)O)ccn1.